The van der Waals surface area contributed by atoms with E-state index in [0.717, 1.165) is 6.42 Å². The second-order valence-corrected chi connectivity index (χ2v) is 12.0. The Kier molecular flexibility index (Phi) is 6.21. The van der Waals surface area contributed by atoms with Crippen LogP contribution in [0, 0.1) is 12.3 Å². The van der Waals surface area contributed by atoms with E-state index in [1.54, 1.807) is 0 Å². The lowest BCUT2D eigenvalue weighted by atomic mass is 9.87. The Hall–Kier alpha value is -0.380. The van der Waals surface area contributed by atoms with Crippen molar-refractivity contribution in [1.82, 2.24) is 5.32 Å². The van der Waals surface area contributed by atoms with Crippen molar-refractivity contribution >= 4 is 18.5 Å². The Bertz CT molecular complexity index is 593. The van der Waals surface area contributed by atoms with Gasteiger partial charge in [0.2, 0.25) is 0 Å². The zero-order valence-electron chi connectivity index (χ0n) is 16.1. The first-order valence-electron chi connectivity index (χ1n) is 9.10. The van der Waals surface area contributed by atoms with Crippen LogP contribution in [-0.2, 0) is 4.90 Å². The molecule has 2 rings (SSSR count). The minimum atomic E-state index is 0.0532. The number of aryl methyl sites for hydroxylation is 1. The zero-order chi connectivity index (χ0) is 18.1. The summed E-state index contributed by atoms with van der Waals surface area (Å²) in [6.07, 6.45) is 4.86. The Morgan fingerprint density at radius 2 is 1.88 bits per heavy atom. The van der Waals surface area contributed by atoms with Crippen LogP contribution in [0.5, 0.6) is 0 Å². The van der Waals surface area contributed by atoms with Crippen LogP contribution < -0.4 is 5.32 Å². The molecule has 134 valence electrons. The molecule has 0 radical (unpaired) electrons. The summed E-state index contributed by atoms with van der Waals surface area (Å²) < 4.78 is 0. The maximum atomic E-state index is 4.28. The Morgan fingerprint density at radius 3 is 2.42 bits per heavy atom. The standard InChI is InChI=1S/C21H35NP2/c1-14-12-16(21(6,23)24)10-11-17(14)18-8-7-9-19(18)22-15(2)13-20(3,4)5/h10-12,18-19,22H,2,7-9,13,23-24H2,1,3-6H3. The minimum Gasteiger partial charge on any atom is -0.385 e. The van der Waals surface area contributed by atoms with Crippen molar-refractivity contribution in [2.24, 2.45) is 5.41 Å². The number of rotatable bonds is 5. The third-order valence-electron chi connectivity index (χ3n) is 4.94. The van der Waals surface area contributed by atoms with Gasteiger partial charge in [0, 0.05) is 22.6 Å². The van der Waals surface area contributed by atoms with Crippen molar-refractivity contribution < 1.29 is 0 Å². The molecule has 24 heavy (non-hydrogen) atoms. The maximum Gasteiger partial charge on any atom is 0.0326 e. The number of nitrogens with one attached hydrogen (secondary N) is 1. The van der Waals surface area contributed by atoms with Gasteiger partial charge < -0.3 is 5.32 Å². The van der Waals surface area contributed by atoms with Gasteiger partial charge in [-0.1, -0.05) is 52.0 Å². The molecule has 0 amide bonds. The molecule has 3 heteroatoms. The molecule has 1 aromatic rings. The van der Waals surface area contributed by atoms with Gasteiger partial charge in [-0.2, -0.15) is 0 Å². The van der Waals surface area contributed by atoms with E-state index in [-0.39, 0.29) is 10.3 Å². The van der Waals surface area contributed by atoms with E-state index in [2.05, 4.69) is 83.2 Å². The van der Waals surface area contributed by atoms with Crippen LogP contribution >= 0.6 is 18.5 Å². The maximum absolute atomic E-state index is 4.28. The molecule has 0 bridgehead atoms. The van der Waals surface area contributed by atoms with Gasteiger partial charge >= 0.3 is 0 Å². The van der Waals surface area contributed by atoms with Crippen LogP contribution in [0.2, 0.25) is 0 Å². The molecule has 4 atom stereocenters. The number of hydrogen-bond acceptors (Lipinski definition) is 1. The highest BCUT2D eigenvalue weighted by atomic mass is 31.1. The summed E-state index contributed by atoms with van der Waals surface area (Å²) in [5, 5.41) is 3.75. The smallest absolute Gasteiger partial charge is 0.0326 e. The second kappa shape index (κ2) is 7.47. The van der Waals surface area contributed by atoms with Crippen molar-refractivity contribution in [2.45, 2.75) is 77.2 Å². The second-order valence-electron chi connectivity index (χ2n) is 8.98. The molecule has 1 N–H and O–H groups in total. The third kappa shape index (κ3) is 5.31. The highest BCUT2D eigenvalue weighted by Crippen LogP contribution is 2.41. The predicted octanol–water partition coefficient (Wildman–Crippen LogP) is 6.09. The SMILES string of the molecule is C=C(CC(C)(C)C)NC1CCCC1c1ccc(C(C)(P)P)cc1C. The van der Waals surface area contributed by atoms with Crippen molar-refractivity contribution in [3.8, 4) is 0 Å². The topological polar surface area (TPSA) is 12.0 Å². The molecule has 0 aromatic heterocycles. The summed E-state index contributed by atoms with van der Waals surface area (Å²) in [6.45, 7) is 15.6. The van der Waals surface area contributed by atoms with E-state index in [1.165, 1.54) is 41.6 Å². The zero-order valence-corrected chi connectivity index (χ0v) is 18.4. The van der Waals surface area contributed by atoms with Crippen LogP contribution in [0.3, 0.4) is 0 Å². The molecule has 1 nitrogen and oxygen atoms in total. The van der Waals surface area contributed by atoms with Gasteiger partial charge in [-0.25, -0.2) is 0 Å². The van der Waals surface area contributed by atoms with Gasteiger partial charge in [0.15, 0.2) is 0 Å². The molecule has 0 spiro atoms. The van der Waals surface area contributed by atoms with Gasteiger partial charge in [-0.05, 0) is 55.2 Å². The van der Waals surface area contributed by atoms with Crippen LogP contribution in [0.25, 0.3) is 0 Å². The third-order valence-corrected chi connectivity index (χ3v) is 5.61. The van der Waals surface area contributed by atoms with E-state index in [4.69, 9.17) is 0 Å². The molecule has 1 aliphatic rings. The van der Waals surface area contributed by atoms with Crippen molar-refractivity contribution in [2.75, 3.05) is 0 Å². The molecule has 4 unspecified atom stereocenters. The quantitative estimate of drug-likeness (QED) is 0.624. The average Bonchev–Trinajstić information content (AvgIpc) is 2.83. The van der Waals surface area contributed by atoms with Gasteiger partial charge in [-0.3, -0.25) is 0 Å². The summed E-state index contributed by atoms with van der Waals surface area (Å²) >= 11 is 0. The predicted molar refractivity (Wildman–Crippen MR) is 115 cm³/mol. The first kappa shape index (κ1) is 19.9. The summed E-state index contributed by atoms with van der Waals surface area (Å²) in [6, 6.07) is 7.53. The Morgan fingerprint density at radius 1 is 1.21 bits per heavy atom. The van der Waals surface area contributed by atoms with Gasteiger partial charge in [0.05, 0.1) is 0 Å². The summed E-state index contributed by atoms with van der Waals surface area (Å²) in [5.74, 6) is 0.607. The van der Waals surface area contributed by atoms with Crippen molar-refractivity contribution in [3.63, 3.8) is 0 Å². The van der Waals surface area contributed by atoms with Crippen molar-refractivity contribution in [1.29, 1.82) is 0 Å². The molecule has 1 aliphatic carbocycles. The first-order chi connectivity index (χ1) is 11.0. The van der Waals surface area contributed by atoms with E-state index in [0.29, 0.717) is 12.0 Å². The average molecular weight is 363 g/mol. The molecular formula is C21H35NP2. The summed E-state index contributed by atoms with van der Waals surface area (Å²) in [7, 11) is 5.83. The molecule has 1 fully saturated rings. The molecular weight excluding hydrogens is 328 g/mol. The lowest BCUT2D eigenvalue weighted by molar-refractivity contribution is 0.385. The summed E-state index contributed by atoms with van der Waals surface area (Å²) in [5.41, 5.74) is 5.77. The number of allylic oxidation sites excluding steroid dienone is 1. The number of benzene rings is 1. The summed E-state index contributed by atoms with van der Waals surface area (Å²) in [4.78, 5) is 0.0532. The van der Waals surface area contributed by atoms with Crippen LogP contribution in [-0.4, -0.2) is 6.04 Å². The highest BCUT2D eigenvalue weighted by Gasteiger charge is 2.30. The first-order valence-corrected chi connectivity index (χ1v) is 10.3. The number of hydrogen-bond donors (Lipinski definition) is 1. The van der Waals surface area contributed by atoms with Crippen molar-refractivity contribution in [3.05, 3.63) is 47.2 Å². The fourth-order valence-electron chi connectivity index (χ4n) is 3.89. The molecule has 1 aromatic carbocycles. The van der Waals surface area contributed by atoms with Crippen LogP contribution in [0.1, 0.15) is 76.0 Å². The van der Waals surface area contributed by atoms with Crippen LogP contribution in [0.4, 0.5) is 0 Å². The fraction of sp³-hybridized carbons (Fsp3) is 0.619. The Balaban J connectivity index is 2.14. The molecule has 0 heterocycles. The van der Waals surface area contributed by atoms with Gasteiger partial charge in [-0.15, -0.1) is 18.5 Å². The van der Waals surface area contributed by atoms with E-state index in [9.17, 15) is 0 Å². The van der Waals surface area contributed by atoms with E-state index >= 15 is 0 Å². The Labute approximate surface area is 153 Å². The lowest BCUT2D eigenvalue weighted by Crippen LogP contribution is -2.32. The molecule has 1 saturated carbocycles. The normalized spacial score (nSPS) is 21.8. The molecule has 0 saturated heterocycles. The highest BCUT2D eigenvalue weighted by molar-refractivity contribution is 7.38. The monoisotopic (exact) mass is 363 g/mol. The molecule has 0 aliphatic heterocycles. The lowest BCUT2D eigenvalue weighted by Gasteiger charge is -2.28. The van der Waals surface area contributed by atoms with Gasteiger partial charge in [0.1, 0.15) is 0 Å². The largest absolute Gasteiger partial charge is 0.385 e. The van der Waals surface area contributed by atoms with Gasteiger partial charge in [0.25, 0.3) is 0 Å². The van der Waals surface area contributed by atoms with Crippen LogP contribution in [0.15, 0.2) is 30.5 Å². The minimum absolute atomic E-state index is 0.0532. The van der Waals surface area contributed by atoms with E-state index in [1.807, 2.05) is 0 Å². The van der Waals surface area contributed by atoms with E-state index < -0.39 is 0 Å². The fourth-order valence-corrected chi connectivity index (χ4v) is 4.24.